The largest absolute Gasteiger partial charge is 0.342 e. The van der Waals surface area contributed by atoms with Crippen molar-refractivity contribution in [3.8, 4) is 0 Å². The molecule has 6 rings (SSSR count). The van der Waals surface area contributed by atoms with Crippen molar-refractivity contribution < 1.29 is 4.79 Å². The fraction of sp³-hybridized carbons (Fsp3) is 0.591. The smallest absolute Gasteiger partial charge is 0.260 e. The van der Waals surface area contributed by atoms with Crippen LogP contribution in [0.25, 0.3) is 21.6 Å². The van der Waals surface area contributed by atoms with Gasteiger partial charge in [0.25, 0.3) is 5.78 Å². The summed E-state index contributed by atoms with van der Waals surface area (Å²) in [5, 5.41) is 15.5. The predicted molar refractivity (Wildman–Crippen MR) is 127 cm³/mol. The Kier molecular flexibility index (Phi) is 4.90. The van der Waals surface area contributed by atoms with Crippen LogP contribution in [-0.4, -0.2) is 58.8 Å². The molecule has 0 saturated carbocycles. The number of thiophene rings is 1. The van der Waals surface area contributed by atoms with Gasteiger partial charge in [0, 0.05) is 18.0 Å². The highest BCUT2D eigenvalue weighted by Gasteiger charge is 2.28. The van der Waals surface area contributed by atoms with Crippen LogP contribution >= 0.6 is 23.1 Å². The van der Waals surface area contributed by atoms with E-state index in [2.05, 4.69) is 33.5 Å². The van der Waals surface area contributed by atoms with E-state index in [4.69, 9.17) is 4.98 Å². The summed E-state index contributed by atoms with van der Waals surface area (Å²) in [6, 6.07) is 0. The van der Waals surface area contributed by atoms with E-state index in [0.29, 0.717) is 23.4 Å². The van der Waals surface area contributed by atoms with Crippen molar-refractivity contribution in [1.29, 1.82) is 0 Å². The summed E-state index contributed by atoms with van der Waals surface area (Å²) in [6.07, 6.45) is 5.71. The summed E-state index contributed by atoms with van der Waals surface area (Å²) in [5.41, 5.74) is 2.29. The fourth-order valence-corrected chi connectivity index (χ4v) is 7.48. The lowest BCUT2D eigenvalue weighted by Gasteiger charge is -2.30. The highest BCUT2D eigenvalue weighted by atomic mass is 32.2. The molecule has 1 saturated heterocycles. The first-order valence-corrected chi connectivity index (χ1v) is 13.3. The van der Waals surface area contributed by atoms with Gasteiger partial charge in [-0.2, -0.15) is 4.52 Å². The quantitative estimate of drug-likeness (QED) is 0.421. The average Bonchev–Trinajstić information content (AvgIpc) is 3.46. The Labute approximate surface area is 194 Å². The minimum Gasteiger partial charge on any atom is -0.342 e. The number of carbonyl (C=O) groups is 1. The zero-order valence-electron chi connectivity index (χ0n) is 18.7. The molecule has 1 unspecified atom stereocenters. The van der Waals surface area contributed by atoms with Gasteiger partial charge in [0.1, 0.15) is 10.7 Å². The van der Waals surface area contributed by atoms with E-state index in [1.54, 1.807) is 0 Å². The van der Waals surface area contributed by atoms with Crippen LogP contribution in [0.15, 0.2) is 5.16 Å². The van der Waals surface area contributed by atoms with E-state index in [9.17, 15) is 4.79 Å². The van der Waals surface area contributed by atoms with Crippen molar-refractivity contribution in [1.82, 2.24) is 34.1 Å². The van der Waals surface area contributed by atoms with Crippen LogP contribution in [0.2, 0.25) is 0 Å². The first kappa shape index (κ1) is 20.4. The number of fused-ring (bicyclic) bond motifs is 8. The topological polar surface area (TPSA) is 80.7 Å². The Hall–Kier alpha value is -2.20. The lowest BCUT2D eigenvalue weighted by Crippen LogP contribution is -2.38. The Morgan fingerprint density at radius 2 is 2.00 bits per heavy atom. The summed E-state index contributed by atoms with van der Waals surface area (Å²) >= 11 is 3.31. The second kappa shape index (κ2) is 7.69. The number of carbonyl (C=O) groups excluding carboxylic acids is 1. The molecule has 1 aliphatic heterocycles. The summed E-state index contributed by atoms with van der Waals surface area (Å²) < 4.78 is 3.93. The maximum Gasteiger partial charge on any atom is 0.260 e. The molecule has 0 N–H and O–H groups in total. The van der Waals surface area contributed by atoms with Gasteiger partial charge in [0.2, 0.25) is 5.91 Å². The van der Waals surface area contributed by atoms with E-state index in [0.717, 1.165) is 53.8 Å². The van der Waals surface area contributed by atoms with Gasteiger partial charge in [-0.05, 0) is 56.4 Å². The predicted octanol–water partition coefficient (Wildman–Crippen LogP) is 4.09. The number of aryl methyl sites for hydroxylation is 2. The van der Waals surface area contributed by atoms with E-state index >= 15 is 0 Å². The number of likely N-dealkylation sites (tertiary alicyclic amines) is 1. The molecule has 4 aromatic rings. The summed E-state index contributed by atoms with van der Waals surface area (Å²) in [7, 11) is 0. The Morgan fingerprint density at radius 1 is 1.19 bits per heavy atom. The van der Waals surface area contributed by atoms with Crippen molar-refractivity contribution in [2.24, 2.45) is 5.92 Å². The minimum atomic E-state index is 0.187. The van der Waals surface area contributed by atoms with Crippen molar-refractivity contribution in [3.05, 3.63) is 16.3 Å². The molecule has 168 valence electrons. The zero-order valence-corrected chi connectivity index (χ0v) is 20.3. The van der Waals surface area contributed by atoms with Crippen LogP contribution < -0.4 is 0 Å². The SMILES string of the molecule is Cc1nc2c3c4c(sc3n3c(SCC(=O)N5CCC(C)CC5)nnc3n2n1)CCCC4C. The van der Waals surface area contributed by atoms with Crippen LogP contribution in [0.3, 0.4) is 0 Å². The number of piperidine rings is 1. The molecule has 1 atom stereocenters. The zero-order chi connectivity index (χ0) is 22.0. The highest BCUT2D eigenvalue weighted by molar-refractivity contribution is 7.99. The molecule has 2 aliphatic rings. The normalized spacial score (nSPS) is 20.0. The molecule has 5 heterocycles. The third-order valence-electron chi connectivity index (χ3n) is 6.94. The number of aromatic nitrogens is 6. The third-order valence-corrected chi connectivity index (χ3v) is 9.11. The Morgan fingerprint density at radius 3 is 2.81 bits per heavy atom. The molecule has 0 bridgehead atoms. The summed E-state index contributed by atoms with van der Waals surface area (Å²) in [5.74, 6) is 3.18. The molecule has 0 spiro atoms. The number of rotatable bonds is 3. The Bertz CT molecular complexity index is 1350. The maximum absolute atomic E-state index is 12.8. The van der Waals surface area contributed by atoms with Gasteiger partial charge in [-0.3, -0.25) is 4.79 Å². The van der Waals surface area contributed by atoms with Gasteiger partial charge in [-0.25, -0.2) is 9.38 Å². The molecule has 1 aliphatic carbocycles. The van der Waals surface area contributed by atoms with Crippen LogP contribution in [0.1, 0.15) is 61.7 Å². The second-order valence-corrected chi connectivity index (χ2v) is 11.3. The van der Waals surface area contributed by atoms with Crippen LogP contribution in [0.5, 0.6) is 0 Å². The van der Waals surface area contributed by atoms with Crippen LogP contribution in [0.4, 0.5) is 0 Å². The first-order chi connectivity index (χ1) is 15.5. The van der Waals surface area contributed by atoms with E-state index in [-0.39, 0.29) is 5.91 Å². The molecule has 1 amide bonds. The van der Waals surface area contributed by atoms with Crippen molar-refractivity contribution in [2.45, 2.75) is 63.9 Å². The van der Waals surface area contributed by atoms with Crippen molar-refractivity contribution in [3.63, 3.8) is 0 Å². The molecular formula is C22H27N7OS2. The molecule has 1 fully saturated rings. The number of amides is 1. The number of thioether (sulfide) groups is 1. The number of nitrogens with zero attached hydrogens (tertiary/aromatic N) is 7. The Balaban J connectivity index is 1.44. The fourth-order valence-electron chi connectivity index (χ4n) is 5.13. The van der Waals surface area contributed by atoms with Crippen LogP contribution in [-0.2, 0) is 11.2 Å². The second-order valence-electron chi connectivity index (χ2n) is 9.28. The van der Waals surface area contributed by atoms with E-state index in [1.165, 1.54) is 40.4 Å². The molecule has 4 aromatic heterocycles. The standard InChI is InChI=1S/C22H27N7OS2/c1-12-7-9-27(10-8-12)16(30)11-31-22-25-24-21-28(22)20-18(19-23-14(3)26-29(19)21)17-13(2)5-4-6-15(17)32-20/h12-13H,4-11H2,1-3H3. The maximum atomic E-state index is 12.8. The van der Waals surface area contributed by atoms with E-state index < -0.39 is 0 Å². The molecule has 0 radical (unpaired) electrons. The van der Waals surface area contributed by atoms with Crippen LogP contribution in [0, 0.1) is 12.8 Å². The molecule has 0 aromatic carbocycles. The average molecular weight is 470 g/mol. The first-order valence-electron chi connectivity index (χ1n) is 11.5. The lowest BCUT2D eigenvalue weighted by atomic mass is 9.87. The van der Waals surface area contributed by atoms with Gasteiger partial charge in [0.15, 0.2) is 10.8 Å². The van der Waals surface area contributed by atoms with Gasteiger partial charge in [-0.15, -0.1) is 26.6 Å². The summed E-state index contributed by atoms with van der Waals surface area (Å²) in [6.45, 7) is 8.22. The lowest BCUT2D eigenvalue weighted by molar-refractivity contribution is -0.129. The minimum absolute atomic E-state index is 0.187. The summed E-state index contributed by atoms with van der Waals surface area (Å²) in [4.78, 5) is 22.2. The third kappa shape index (κ3) is 3.14. The van der Waals surface area contributed by atoms with Gasteiger partial charge in [-0.1, -0.05) is 25.6 Å². The number of hydrogen-bond donors (Lipinski definition) is 0. The molecule has 32 heavy (non-hydrogen) atoms. The van der Waals surface area contributed by atoms with Gasteiger partial charge in [0.05, 0.1) is 11.1 Å². The monoisotopic (exact) mass is 469 g/mol. The molecule has 10 heteroatoms. The molecule has 8 nitrogen and oxygen atoms in total. The number of hydrogen-bond acceptors (Lipinski definition) is 7. The van der Waals surface area contributed by atoms with Gasteiger partial charge >= 0.3 is 0 Å². The van der Waals surface area contributed by atoms with Crippen molar-refractivity contribution in [2.75, 3.05) is 18.8 Å². The highest BCUT2D eigenvalue weighted by Crippen LogP contribution is 2.44. The van der Waals surface area contributed by atoms with Crippen molar-refractivity contribution >= 4 is 50.6 Å². The van der Waals surface area contributed by atoms with Gasteiger partial charge < -0.3 is 4.90 Å². The van der Waals surface area contributed by atoms with E-state index in [1.807, 2.05) is 27.7 Å². The molecular weight excluding hydrogens is 442 g/mol.